The highest BCUT2D eigenvalue weighted by Gasteiger charge is 2.57. The fourth-order valence-electron chi connectivity index (χ4n) is 2.41. The molecule has 2 aromatic rings. The summed E-state index contributed by atoms with van der Waals surface area (Å²) < 4.78 is 14.5. The zero-order valence-corrected chi connectivity index (χ0v) is 12.6. The van der Waals surface area contributed by atoms with E-state index < -0.39 is 17.1 Å². The molecule has 23 heavy (non-hydrogen) atoms. The molecule has 0 unspecified atom stereocenters. The van der Waals surface area contributed by atoms with Gasteiger partial charge in [-0.25, -0.2) is 4.39 Å². The lowest BCUT2D eigenvalue weighted by Gasteiger charge is -2.19. The number of halogens is 1. The van der Waals surface area contributed by atoms with Gasteiger partial charge in [0.25, 0.3) is 0 Å². The molecule has 0 spiro atoms. The highest BCUT2D eigenvalue weighted by Crippen LogP contribution is 2.48. The summed E-state index contributed by atoms with van der Waals surface area (Å²) >= 11 is 0. The third-order valence-electron chi connectivity index (χ3n) is 3.83. The number of benzene rings is 1. The zero-order valence-electron chi connectivity index (χ0n) is 12.6. The van der Waals surface area contributed by atoms with Gasteiger partial charge in [-0.05, 0) is 30.2 Å². The Morgan fingerprint density at radius 2 is 2.09 bits per heavy atom. The second-order valence-corrected chi connectivity index (χ2v) is 5.64. The monoisotopic (exact) mass is 318 g/mol. The Morgan fingerprint density at radius 1 is 1.35 bits per heavy atom. The predicted octanol–water partition coefficient (Wildman–Crippen LogP) is 0.813. The molecular weight excluding hydrogens is 303 g/mol. The molecule has 0 bridgehead atoms. The van der Waals surface area contributed by atoms with Crippen molar-refractivity contribution in [3.8, 4) is 11.4 Å². The van der Waals surface area contributed by atoms with E-state index >= 15 is 0 Å². The van der Waals surface area contributed by atoms with E-state index in [1.807, 2.05) is 0 Å². The first-order valence-corrected chi connectivity index (χ1v) is 7.01. The number of carbonyl (C=O) groups excluding carboxylic acids is 2. The van der Waals surface area contributed by atoms with Crippen LogP contribution in [0.1, 0.15) is 12.8 Å². The second kappa shape index (κ2) is 5.41. The van der Waals surface area contributed by atoms with Crippen molar-refractivity contribution < 1.29 is 14.0 Å². The van der Waals surface area contributed by atoms with Gasteiger partial charge in [-0.2, -0.15) is 5.21 Å². The highest BCUT2D eigenvalue weighted by molar-refractivity contribution is 6.13. The van der Waals surface area contributed by atoms with E-state index in [9.17, 15) is 14.0 Å². The van der Waals surface area contributed by atoms with Crippen LogP contribution in [0.2, 0.25) is 0 Å². The lowest BCUT2D eigenvalue weighted by molar-refractivity contribution is -0.140. The Morgan fingerprint density at radius 3 is 2.65 bits per heavy atom. The predicted molar refractivity (Wildman–Crippen MR) is 78.6 cm³/mol. The van der Waals surface area contributed by atoms with Crippen LogP contribution in [0.25, 0.3) is 11.4 Å². The van der Waals surface area contributed by atoms with E-state index in [0.717, 1.165) is 0 Å². The first-order valence-electron chi connectivity index (χ1n) is 7.01. The first-order chi connectivity index (χ1) is 11.0. The highest BCUT2D eigenvalue weighted by atomic mass is 19.1. The molecule has 2 N–H and O–H groups in total. The van der Waals surface area contributed by atoms with Crippen molar-refractivity contribution in [1.82, 2.24) is 25.5 Å². The van der Waals surface area contributed by atoms with Gasteiger partial charge in [0.15, 0.2) is 5.82 Å². The largest absolute Gasteiger partial charge is 0.348 e. The molecule has 0 aliphatic heterocycles. The Kier molecular flexibility index (Phi) is 3.55. The summed E-state index contributed by atoms with van der Waals surface area (Å²) in [5.74, 6) is -1.36. The van der Waals surface area contributed by atoms with Gasteiger partial charge in [-0.3, -0.25) is 9.59 Å². The van der Waals surface area contributed by atoms with Crippen molar-refractivity contribution in [1.29, 1.82) is 0 Å². The van der Waals surface area contributed by atoms with Gasteiger partial charge in [0.2, 0.25) is 17.6 Å². The Bertz CT molecular complexity index is 755. The zero-order chi connectivity index (χ0) is 16.6. The minimum atomic E-state index is -1.09. The maximum atomic E-state index is 14.5. The number of aromatic nitrogens is 4. The van der Waals surface area contributed by atoms with Crippen molar-refractivity contribution in [3.63, 3.8) is 0 Å². The maximum absolute atomic E-state index is 14.5. The van der Waals surface area contributed by atoms with E-state index in [-0.39, 0.29) is 23.0 Å². The fourth-order valence-corrected chi connectivity index (χ4v) is 2.41. The molecule has 0 atom stereocenters. The number of H-pyrrole nitrogens is 1. The van der Waals surface area contributed by atoms with Crippen molar-refractivity contribution in [2.24, 2.45) is 5.41 Å². The topological polar surface area (TPSA) is 104 Å². The molecule has 0 saturated heterocycles. The van der Waals surface area contributed by atoms with Crippen LogP contribution in [0.15, 0.2) is 18.2 Å². The van der Waals surface area contributed by atoms with E-state index in [1.165, 1.54) is 17.0 Å². The molecule has 1 aromatic heterocycles. The first kappa shape index (κ1) is 15.1. The molecular formula is C14H15FN6O2. The number of hydrogen-bond donors (Lipinski definition) is 2. The molecule has 3 rings (SSSR count). The number of nitrogens with one attached hydrogen (secondary N) is 2. The lowest BCUT2D eigenvalue weighted by Crippen LogP contribution is -2.39. The van der Waals surface area contributed by atoms with Crippen LogP contribution in [0, 0.1) is 11.2 Å². The van der Waals surface area contributed by atoms with Gasteiger partial charge in [0.1, 0.15) is 5.41 Å². The van der Waals surface area contributed by atoms with Crippen LogP contribution >= 0.6 is 0 Å². The number of amides is 2. The molecule has 1 heterocycles. The molecule has 1 fully saturated rings. The molecule has 0 radical (unpaired) electrons. The maximum Gasteiger partial charge on any atom is 0.240 e. The number of hydrogen-bond acceptors (Lipinski definition) is 5. The van der Waals surface area contributed by atoms with Crippen molar-refractivity contribution in [2.45, 2.75) is 12.8 Å². The standard InChI is InChI=1S/C14H15FN6O2/c1-21(2)13(23)14(6-7-14)12(22)16-9-5-3-4-8(10(9)15)11-17-19-20-18-11/h3-5H,6-7H2,1-2H3,(H,16,22)(H,17,18,19,20). The number of nitrogens with zero attached hydrogens (tertiary/aromatic N) is 4. The van der Waals surface area contributed by atoms with E-state index in [1.54, 1.807) is 20.2 Å². The molecule has 1 saturated carbocycles. The third kappa shape index (κ3) is 2.54. The van der Waals surface area contributed by atoms with Gasteiger partial charge >= 0.3 is 0 Å². The average Bonchev–Trinajstić information content (AvgIpc) is 3.16. The second-order valence-electron chi connectivity index (χ2n) is 5.64. The number of aromatic amines is 1. The normalized spacial score (nSPS) is 15.1. The van der Waals surface area contributed by atoms with Crippen LogP contribution in [0.5, 0.6) is 0 Å². The molecule has 2 amide bonds. The average molecular weight is 318 g/mol. The van der Waals surface area contributed by atoms with Crippen LogP contribution in [0.3, 0.4) is 0 Å². The van der Waals surface area contributed by atoms with E-state index in [4.69, 9.17) is 0 Å². The molecule has 1 aromatic carbocycles. The number of tetrazole rings is 1. The number of carbonyl (C=O) groups is 2. The minimum absolute atomic E-state index is 0.0184. The van der Waals surface area contributed by atoms with E-state index in [2.05, 4.69) is 25.9 Å². The van der Waals surface area contributed by atoms with Crippen molar-refractivity contribution >= 4 is 17.5 Å². The number of anilines is 1. The Hall–Kier alpha value is -2.84. The van der Waals surface area contributed by atoms with Crippen LogP contribution < -0.4 is 5.32 Å². The summed E-state index contributed by atoms with van der Waals surface area (Å²) in [4.78, 5) is 25.9. The molecule has 120 valence electrons. The summed E-state index contributed by atoms with van der Waals surface area (Å²) in [5.41, 5.74) is -0.992. The molecule has 1 aliphatic carbocycles. The van der Waals surface area contributed by atoms with Gasteiger partial charge < -0.3 is 10.2 Å². The molecule has 8 nitrogen and oxygen atoms in total. The van der Waals surface area contributed by atoms with Gasteiger partial charge in [0, 0.05) is 14.1 Å². The molecule has 9 heteroatoms. The van der Waals surface area contributed by atoms with Gasteiger partial charge in [-0.1, -0.05) is 6.07 Å². The lowest BCUT2D eigenvalue weighted by atomic mass is 10.0. The van der Waals surface area contributed by atoms with Gasteiger partial charge in [-0.15, -0.1) is 10.2 Å². The SMILES string of the molecule is CN(C)C(=O)C1(C(=O)Nc2cccc(-c3nn[nH]n3)c2F)CC1. The van der Waals surface area contributed by atoms with Crippen molar-refractivity contribution in [2.75, 3.05) is 19.4 Å². The summed E-state index contributed by atoms with van der Waals surface area (Å²) in [6, 6.07) is 4.47. The fraction of sp³-hybridized carbons (Fsp3) is 0.357. The van der Waals surface area contributed by atoms with E-state index in [0.29, 0.717) is 12.8 Å². The quantitative estimate of drug-likeness (QED) is 0.812. The summed E-state index contributed by atoms with van der Waals surface area (Å²) in [5, 5.41) is 15.6. The van der Waals surface area contributed by atoms with Crippen LogP contribution in [0.4, 0.5) is 10.1 Å². The van der Waals surface area contributed by atoms with Crippen LogP contribution in [-0.2, 0) is 9.59 Å². The number of rotatable bonds is 4. The summed E-state index contributed by atoms with van der Waals surface area (Å²) in [7, 11) is 3.18. The van der Waals surface area contributed by atoms with Crippen LogP contribution in [-0.4, -0.2) is 51.4 Å². The smallest absolute Gasteiger partial charge is 0.240 e. The van der Waals surface area contributed by atoms with Gasteiger partial charge in [0.05, 0.1) is 11.3 Å². The third-order valence-corrected chi connectivity index (χ3v) is 3.83. The summed E-state index contributed by atoms with van der Waals surface area (Å²) in [6.45, 7) is 0. The van der Waals surface area contributed by atoms with Crippen molar-refractivity contribution in [3.05, 3.63) is 24.0 Å². The Balaban J connectivity index is 1.86. The Labute approximate surface area is 131 Å². The summed E-state index contributed by atoms with van der Waals surface area (Å²) in [6.07, 6.45) is 0.921. The molecule has 1 aliphatic rings. The minimum Gasteiger partial charge on any atom is -0.348 e.